The zero-order valence-electron chi connectivity index (χ0n) is 12.8. The van der Waals surface area contributed by atoms with Gasteiger partial charge in [-0.05, 0) is 46.5 Å². The fourth-order valence-electron chi connectivity index (χ4n) is 3.38. The molecule has 5 heteroatoms. The second-order valence-corrected chi connectivity index (χ2v) is 6.46. The molecule has 0 aromatic heterocycles. The highest BCUT2D eigenvalue weighted by Gasteiger charge is 2.30. The molecule has 116 valence electrons. The number of piperidine rings is 1. The highest BCUT2D eigenvalue weighted by molar-refractivity contribution is 5.74. The van der Waals surface area contributed by atoms with Gasteiger partial charge in [0.1, 0.15) is 0 Å². The summed E-state index contributed by atoms with van der Waals surface area (Å²) in [4.78, 5) is 14.2. The van der Waals surface area contributed by atoms with E-state index in [-0.39, 0.29) is 36.3 Å². The maximum absolute atomic E-state index is 12.3. The van der Waals surface area contributed by atoms with E-state index in [1.54, 1.807) is 0 Å². The molecule has 0 spiro atoms. The molecule has 0 aromatic rings. The maximum atomic E-state index is 12.3. The predicted octanol–water partition coefficient (Wildman–Crippen LogP) is 1.74. The van der Waals surface area contributed by atoms with Crippen molar-refractivity contribution in [3.8, 4) is 0 Å². The monoisotopic (exact) mass is 284 g/mol. The van der Waals surface area contributed by atoms with Gasteiger partial charge in [-0.25, -0.2) is 4.79 Å². The molecular formula is C15H28N2O3. The molecule has 2 N–H and O–H groups in total. The van der Waals surface area contributed by atoms with Crippen LogP contribution in [0.1, 0.15) is 46.5 Å². The second kappa shape index (κ2) is 6.76. The Hall–Kier alpha value is -0.810. The van der Waals surface area contributed by atoms with Crippen molar-refractivity contribution in [1.82, 2.24) is 10.2 Å². The number of nitrogens with one attached hydrogen (secondary N) is 1. The van der Waals surface area contributed by atoms with E-state index in [0.717, 1.165) is 32.2 Å². The van der Waals surface area contributed by atoms with E-state index < -0.39 is 0 Å². The molecule has 2 aliphatic rings. The summed E-state index contributed by atoms with van der Waals surface area (Å²) >= 11 is 0. The largest absolute Gasteiger partial charge is 0.393 e. The summed E-state index contributed by atoms with van der Waals surface area (Å²) in [6, 6.07) is 0.217. The summed E-state index contributed by atoms with van der Waals surface area (Å²) in [6.45, 7) is 7.38. The van der Waals surface area contributed by atoms with E-state index in [2.05, 4.69) is 19.2 Å². The van der Waals surface area contributed by atoms with Gasteiger partial charge in [0.2, 0.25) is 0 Å². The van der Waals surface area contributed by atoms with E-state index in [9.17, 15) is 9.90 Å². The second-order valence-electron chi connectivity index (χ2n) is 6.46. The Morgan fingerprint density at radius 3 is 2.60 bits per heavy atom. The Balaban J connectivity index is 1.84. The molecule has 5 nitrogen and oxygen atoms in total. The molecule has 0 bridgehead atoms. The van der Waals surface area contributed by atoms with Crippen molar-refractivity contribution in [2.24, 2.45) is 5.92 Å². The summed E-state index contributed by atoms with van der Waals surface area (Å²) in [7, 11) is 0. The number of ether oxygens (including phenoxy) is 1. The van der Waals surface area contributed by atoms with Crippen molar-refractivity contribution in [2.75, 3.05) is 13.1 Å². The number of aliphatic hydroxyl groups is 1. The lowest BCUT2D eigenvalue weighted by molar-refractivity contribution is -0.0409. The van der Waals surface area contributed by atoms with Crippen LogP contribution < -0.4 is 5.32 Å². The minimum absolute atomic E-state index is 0.0154. The first-order valence-electron chi connectivity index (χ1n) is 7.84. The van der Waals surface area contributed by atoms with E-state index in [4.69, 9.17) is 4.74 Å². The van der Waals surface area contributed by atoms with Gasteiger partial charge in [-0.3, -0.25) is 0 Å². The smallest absolute Gasteiger partial charge is 0.317 e. The minimum atomic E-state index is -0.339. The Morgan fingerprint density at radius 2 is 2.00 bits per heavy atom. The molecule has 4 unspecified atom stereocenters. The molecule has 2 saturated heterocycles. The minimum Gasteiger partial charge on any atom is -0.393 e. The molecule has 0 saturated carbocycles. The van der Waals surface area contributed by atoms with Gasteiger partial charge in [0, 0.05) is 25.0 Å². The predicted molar refractivity (Wildman–Crippen MR) is 77.5 cm³/mol. The van der Waals surface area contributed by atoms with Gasteiger partial charge >= 0.3 is 6.03 Å². The lowest BCUT2D eigenvalue weighted by Crippen LogP contribution is -2.52. The molecular weight excluding hydrogens is 256 g/mol. The first kappa shape index (κ1) is 15.6. The lowest BCUT2D eigenvalue weighted by Gasteiger charge is -2.37. The summed E-state index contributed by atoms with van der Waals surface area (Å²) in [6.07, 6.45) is 3.81. The molecule has 2 heterocycles. The normalized spacial score (nSPS) is 36.5. The quantitative estimate of drug-likeness (QED) is 0.812. The van der Waals surface area contributed by atoms with E-state index >= 15 is 0 Å². The highest BCUT2D eigenvalue weighted by atomic mass is 16.5. The number of hydrogen-bond acceptors (Lipinski definition) is 3. The van der Waals surface area contributed by atoms with E-state index in [1.807, 2.05) is 11.8 Å². The molecule has 2 aliphatic heterocycles. The third-order valence-electron chi connectivity index (χ3n) is 4.45. The Kier molecular flexibility index (Phi) is 5.27. The number of carbonyl (C=O) groups excluding carboxylic acids is 1. The number of carbonyl (C=O) groups is 1. The van der Waals surface area contributed by atoms with E-state index in [1.165, 1.54) is 0 Å². The summed E-state index contributed by atoms with van der Waals surface area (Å²) in [5.41, 5.74) is 0. The van der Waals surface area contributed by atoms with Crippen molar-refractivity contribution in [1.29, 1.82) is 0 Å². The maximum Gasteiger partial charge on any atom is 0.317 e. The number of urea groups is 1. The summed E-state index contributed by atoms with van der Waals surface area (Å²) < 4.78 is 5.69. The van der Waals surface area contributed by atoms with Crippen LogP contribution in [0.4, 0.5) is 4.79 Å². The molecule has 2 fully saturated rings. The third-order valence-corrected chi connectivity index (χ3v) is 4.45. The van der Waals surface area contributed by atoms with Crippen LogP contribution in [-0.4, -0.2) is 53.5 Å². The van der Waals surface area contributed by atoms with Crippen molar-refractivity contribution in [2.45, 2.75) is 70.8 Å². The molecule has 4 atom stereocenters. The molecule has 0 aliphatic carbocycles. The van der Waals surface area contributed by atoms with Crippen LogP contribution >= 0.6 is 0 Å². The summed E-state index contributed by atoms with van der Waals surface area (Å²) in [5, 5.41) is 12.8. The van der Waals surface area contributed by atoms with Crippen LogP contribution in [0.5, 0.6) is 0 Å². The number of amides is 2. The number of hydrogen-bond donors (Lipinski definition) is 2. The fraction of sp³-hybridized carbons (Fsp3) is 0.933. The topological polar surface area (TPSA) is 61.8 Å². The Labute approximate surface area is 121 Å². The molecule has 20 heavy (non-hydrogen) atoms. The number of nitrogens with zero attached hydrogens (tertiary/aromatic N) is 1. The van der Waals surface area contributed by atoms with Gasteiger partial charge in [-0.15, -0.1) is 0 Å². The van der Waals surface area contributed by atoms with Gasteiger partial charge in [-0.2, -0.15) is 0 Å². The Bertz CT molecular complexity index is 325. The van der Waals surface area contributed by atoms with E-state index in [0.29, 0.717) is 6.54 Å². The number of likely N-dealkylation sites (tertiary alicyclic amines) is 1. The van der Waals surface area contributed by atoms with Crippen molar-refractivity contribution in [3.05, 3.63) is 0 Å². The van der Waals surface area contributed by atoms with Gasteiger partial charge in [0.15, 0.2) is 0 Å². The Morgan fingerprint density at radius 1 is 1.35 bits per heavy atom. The lowest BCUT2D eigenvalue weighted by atomic mass is 9.93. The standard InChI is InChI=1S/C15H28N2O3/c1-10-7-14(8-11(2)20-10)16-15(19)17-6-4-5-13(9-17)12(3)18/h10-14,18H,4-9H2,1-3H3,(H,16,19). The van der Waals surface area contributed by atoms with Crippen LogP contribution in [0.2, 0.25) is 0 Å². The van der Waals surface area contributed by atoms with Crippen molar-refractivity contribution >= 4 is 6.03 Å². The zero-order chi connectivity index (χ0) is 14.7. The summed E-state index contributed by atoms with van der Waals surface area (Å²) in [5.74, 6) is 0.210. The molecule has 2 amide bonds. The molecule has 2 rings (SSSR count). The third kappa shape index (κ3) is 4.09. The van der Waals surface area contributed by atoms with Crippen LogP contribution in [0.15, 0.2) is 0 Å². The number of aliphatic hydroxyl groups excluding tert-OH is 1. The molecule has 0 radical (unpaired) electrons. The average Bonchev–Trinajstić information content (AvgIpc) is 2.37. The van der Waals surface area contributed by atoms with Crippen molar-refractivity contribution in [3.63, 3.8) is 0 Å². The fourth-order valence-corrected chi connectivity index (χ4v) is 3.38. The number of rotatable bonds is 2. The highest BCUT2D eigenvalue weighted by Crippen LogP contribution is 2.22. The first-order chi connectivity index (χ1) is 9.45. The van der Waals surface area contributed by atoms with Gasteiger partial charge in [-0.1, -0.05) is 0 Å². The van der Waals surface area contributed by atoms with Crippen LogP contribution in [0.25, 0.3) is 0 Å². The first-order valence-corrected chi connectivity index (χ1v) is 7.84. The SMILES string of the molecule is CC1CC(NC(=O)N2CCCC(C(C)O)C2)CC(C)O1. The van der Waals surface area contributed by atoms with Crippen molar-refractivity contribution < 1.29 is 14.6 Å². The van der Waals surface area contributed by atoms with Gasteiger partial charge in [0.25, 0.3) is 0 Å². The zero-order valence-corrected chi connectivity index (χ0v) is 12.8. The average molecular weight is 284 g/mol. The van der Waals surface area contributed by atoms with Gasteiger partial charge < -0.3 is 20.1 Å². The van der Waals surface area contributed by atoms with Crippen LogP contribution in [0, 0.1) is 5.92 Å². The van der Waals surface area contributed by atoms with Gasteiger partial charge in [0.05, 0.1) is 18.3 Å². The van der Waals surface area contributed by atoms with Crippen LogP contribution in [0.3, 0.4) is 0 Å². The van der Waals surface area contributed by atoms with Crippen LogP contribution in [-0.2, 0) is 4.74 Å². The molecule has 0 aromatic carbocycles.